The number of halogens is 1. The zero-order valence-electron chi connectivity index (χ0n) is 18.5. The van der Waals surface area contributed by atoms with Crippen LogP contribution in [0.4, 0.5) is 0 Å². The Morgan fingerprint density at radius 1 is 1.03 bits per heavy atom. The number of ether oxygens (including phenoxy) is 1. The van der Waals surface area contributed by atoms with Crippen LogP contribution in [0.5, 0.6) is 0 Å². The van der Waals surface area contributed by atoms with Crippen molar-refractivity contribution in [3.8, 4) is 0 Å². The van der Waals surface area contributed by atoms with Crippen molar-refractivity contribution >= 4 is 0 Å². The van der Waals surface area contributed by atoms with Crippen molar-refractivity contribution in [1.82, 2.24) is 9.80 Å². The van der Waals surface area contributed by atoms with Crippen LogP contribution in [0.3, 0.4) is 0 Å². The molecule has 1 aromatic carbocycles. The summed E-state index contributed by atoms with van der Waals surface area (Å²) in [7, 11) is 0. The molecule has 166 valence electrons. The lowest BCUT2D eigenvalue weighted by atomic mass is 9.75. The van der Waals surface area contributed by atoms with E-state index in [1.807, 2.05) is 0 Å². The first-order chi connectivity index (χ1) is 13.5. The average molecular weight is 424 g/mol. The number of aliphatic hydroxyl groups excluding tert-OH is 1. The summed E-state index contributed by atoms with van der Waals surface area (Å²) in [5.41, 5.74) is 1.38. The van der Waals surface area contributed by atoms with E-state index < -0.39 is 0 Å². The van der Waals surface area contributed by atoms with E-state index in [9.17, 15) is 5.11 Å². The molecule has 1 N–H and O–H groups in total. The summed E-state index contributed by atoms with van der Waals surface area (Å²) in [6.45, 7) is 13.4. The topological polar surface area (TPSA) is 35.9 Å². The lowest BCUT2D eigenvalue weighted by Gasteiger charge is -2.38. The number of benzene rings is 1. The molecule has 1 aromatic rings. The van der Waals surface area contributed by atoms with Crippen molar-refractivity contribution in [3.05, 3.63) is 35.9 Å². The summed E-state index contributed by atoms with van der Waals surface area (Å²) in [6, 6.07) is 10.7. The minimum absolute atomic E-state index is 0. The van der Waals surface area contributed by atoms with E-state index in [0.717, 1.165) is 51.6 Å². The largest absolute Gasteiger partial charge is 1.00 e. The van der Waals surface area contributed by atoms with Crippen molar-refractivity contribution in [2.75, 3.05) is 39.3 Å². The van der Waals surface area contributed by atoms with Gasteiger partial charge in [-0.15, -0.1) is 0 Å². The summed E-state index contributed by atoms with van der Waals surface area (Å²) in [6.07, 6.45) is 3.67. The summed E-state index contributed by atoms with van der Waals surface area (Å²) in [5, 5.41) is 10.5. The predicted octanol–water partition coefficient (Wildman–Crippen LogP) is 0.647. The van der Waals surface area contributed by atoms with Crippen molar-refractivity contribution in [1.29, 1.82) is 0 Å². The fourth-order valence-corrected chi connectivity index (χ4v) is 4.86. The quantitative estimate of drug-likeness (QED) is 0.666. The van der Waals surface area contributed by atoms with E-state index in [4.69, 9.17) is 4.74 Å². The second-order valence-corrected chi connectivity index (χ2v) is 9.41. The molecule has 1 saturated heterocycles. The van der Waals surface area contributed by atoms with Gasteiger partial charge in [0.2, 0.25) is 0 Å². The molecule has 1 saturated carbocycles. The lowest BCUT2D eigenvalue weighted by molar-refractivity contribution is -0.0755. The van der Waals surface area contributed by atoms with Crippen molar-refractivity contribution in [2.45, 2.75) is 58.8 Å². The third-order valence-corrected chi connectivity index (χ3v) is 6.65. The minimum atomic E-state index is -0.384. The number of aliphatic hydroxyl groups is 1. The molecule has 29 heavy (non-hydrogen) atoms. The SMILES string of the molecule is CC1CCC(C(C)C)C(OCC(O)CN2CCN(Cc3ccccc3)CC2)C1.[Cl-]. The number of hydrogen-bond acceptors (Lipinski definition) is 4. The molecule has 0 spiro atoms. The molecule has 5 heteroatoms. The van der Waals surface area contributed by atoms with Crippen LogP contribution in [0.1, 0.15) is 45.6 Å². The van der Waals surface area contributed by atoms with Crippen LogP contribution in [0, 0.1) is 17.8 Å². The number of piperazine rings is 1. The van der Waals surface area contributed by atoms with Gasteiger partial charge in [-0.3, -0.25) is 9.80 Å². The zero-order chi connectivity index (χ0) is 19.9. The van der Waals surface area contributed by atoms with E-state index >= 15 is 0 Å². The fraction of sp³-hybridized carbons (Fsp3) is 0.750. The van der Waals surface area contributed by atoms with Gasteiger partial charge in [0.25, 0.3) is 0 Å². The molecular weight excluding hydrogens is 384 g/mol. The maximum atomic E-state index is 10.5. The molecule has 1 aliphatic carbocycles. The molecule has 0 amide bonds. The van der Waals surface area contributed by atoms with Crippen molar-refractivity contribution in [2.24, 2.45) is 17.8 Å². The Bertz CT molecular complexity index is 563. The Morgan fingerprint density at radius 2 is 1.69 bits per heavy atom. The Hall–Kier alpha value is -0.650. The van der Waals surface area contributed by atoms with Crippen LogP contribution in [0.15, 0.2) is 30.3 Å². The van der Waals surface area contributed by atoms with Gasteiger partial charge in [-0.2, -0.15) is 0 Å². The van der Waals surface area contributed by atoms with E-state index in [-0.39, 0.29) is 18.5 Å². The van der Waals surface area contributed by atoms with E-state index in [2.05, 4.69) is 60.9 Å². The standard InChI is InChI=1S/C24H40N2O2.ClH/c1-19(2)23-10-9-20(3)15-24(23)28-18-22(27)17-26-13-11-25(12-14-26)16-21-7-5-4-6-8-21;/h4-8,19-20,22-24,27H,9-18H2,1-3H3;1H/p-1. The molecule has 1 aliphatic heterocycles. The molecule has 3 rings (SSSR count). The van der Waals surface area contributed by atoms with Gasteiger partial charge in [0.1, 0.15) is 0 Å². The Labute approximate surface area is 184 Å². The number of hydrogen-bond donors (Lipinski definition) is 1. The van der Waals surface area contributed by atoms with Gasteiger partial charge < -0.3 is 22.3 Å². The number of rotatable bonds is 8. The highest BCUT2D eigenvalue weighted by Gasteiger charge is 2.32. The highest BCUT2D eigenvalue weighted by Crippen LogP contribution is 2.35. The van der Waals surface area contributed by atoms with Crippen molar-refractivity contribution in [3.63, 3.8) is 0 Å². The second-order valence-electron chi connectivity index (χ2n) is 9.41. The highest BCUT2D eigenvalue weighted by atomic mass is 35.5. The first-order valence-electron chi connectivity index (χ1n) is 11.3. The molecule has 1 heterocycles. The molecular formula is C24H40ClN2O2-. The van der Waals surface area contributed by atoms with Gasteiger partial charge in [-0.25, -0.2) is 0 Å². The van der Waals surface area contributed by atoms with Crippen LogP contribution < -0.4 is 12.4 Å². The first kappa shape index (κ1) is 24.6. The molecule has 0 aromatic heterocycles. The lowest BCUT2D eigenvalue weighted by Crippen LogP contribution is -3.00. The molecule has 2 aliphatic rings. The minimum Gasteiger partial charge on any atom is -1.00 e. The van der Waals surface area contributed by atoms with Crippen LogP contribution in [0.2, 0.25) is 0 Å². The van der Waals surface area contributed by atoms with Crippen LogP contribution in [-0.4, -0.2) is 66.4 Å². The highest BCUT2D eigenvalue weighted by molar-refractivity contribution is 5.14. The normalized spacial score (nSPS) is 27.6. The summed E-state index contributed by atoms with van der Waals surface area (Å²) in [4.78, 5) is 4.89. The van der Waals surface area contributed by atoms with Gasteiger partial charge >= 0.3 is 0 Å². The molecule has 4 unspecified atom stereocenters. The monoisotopic (exact) mass is 423 g/mol. The molecule has 0 radical (unpaired) electrons. The Kier molecular flexibility index (Phi) is 10.4. The second kappa shape index (κ2) is 12.3. The van der Waals surface area contributed by atoms with Gasteiger partial charge in [0.15, 0.2) is 0 Å². The third-order valence-electron chi connectivity index (χ3n) is 6.65. The average Bonchev–Trinajstić information content (AvgIpc) is 2.68. The first-order valence-corrected chi connectivity index (χ1v) is 11.3. The zero-order valence-corrected chi connectivity index (χ0v) is 19.2. The fourth-order valence-electron chi connectivity index (χ4n) is 4.86. The van der Waals surface area contributed by atoms with Gasteiger partial charge in [-0.05, 0) is 36.2 Å². The predicted molar refractivity (Wildman–Crippen MR) is 115 cm³/mol. The Morgan fingerprint density at radius 3 is 2.34 bits per heavy atom. The van der Waals surface area contributed by atoms with Crippen LogP contribution in [-0.2, 0) is 11.3 Å². The Balaban J connectivity index is 0.00000300. The smallest absolute Gasteiger partial charge is 0.0900 e. The van der Waals surface area contributed by atoms with Crippen LogP contribution >= 0.6 is 0 Å². The maximum Gasteiger partial charge on any atom is 0.0900 e. The summed E-state index contributed by atoms with van der Waals surface area (Å²) < 4.78 is 6.24. The van der Waals surface area contributed by atoms with Crippen LogP contribution in [0.25, 0.3) is 0 Å². The third kappa shape index (κ3) is 7.84. The van der Waals surface area contributed by atoms with E-state index in [1.54, 1.807) is 0 Å². The maximum absolute atomic E-state index is 10.5. The van der Waals surface area contributed by atoms with E-state index in [0.29, 0.717) is 24.5 Å². The van der Waals surface area contributed by atoms with Gasteiger partial charge in [-0.1, -0.05) is 57.5 Å². The number of nitrogens with zero attached hydrogens (tertiary/aromatic N) is 2. The van der Waals surface area contributed by atoms with Gasteiger partial charge in [0.05, 0.1) is 18.8 Å². The van der Waals surface area contributed by atoms with Gasteiger partial charge in [0, 0.05) is 39.3 Å². The molecule has 2 fully saturated rings. The summed E-state index contributed by atoms with van der Waals surface area (Å²) >= 11 is 0. The summed E-state index contributed by atoms with van der Waals surface area (Å²) in [5.74, 6) is 2.05. The molecule has 4 nitrogen and oxygen atoms in total. The van der Waals surface area contributed by atoms with Crippen molar-refractivity contribution < 1.29 is 22.3 Å². The molecule has 0 bridgehead atoms. The number of β-amino-alcohol motifs (C(OH)–C–C–N with tert-alkyl or cyclic N) is 1. The molecule has 4 atom stereocenters. The van der Waals surface area contributed by atoms with E-state index in [1.165, 1.54) is 18.4 Å².